The summed E-state index contributed by atoms with van der Waals surface area (Å²) in [5.41, 5.74) is 5.60. The maximum Gasteiger partial charge on any atom is 0.245 e. The van der Waals surface area contributed by atoms with Crippen LogP contribution in [0, 0.1) is 5.82 Å². The molecule has 2 N–H and O–H groups in total. The number of halogens is 1. The van der Waals surface area contributed by atoms with Crippen molar-refractivity contribution in [3.8, 4) is 0 Å². The third-order valence-electron chi connectivity index (χ3n) is 2.66. The predicted octanol–water partition coefficient (Wildman–Crippen LogP) is 1.06. The molecule has 102 valence electrons. The maximum atomic E-state index is 13.1. The van der Waals surface area contributed by atoms with Crippen molar-refractivity contribution in [2.24, 2.45) is 0 Å². The average Bonchev–Trinajstić information content (AvgIpc) is 2.31. The van der Waals surface area contributed by atoms with Gasteiger partial charge in [-0.15, -0.1) is 0 Å². The number of ether oxygens (including phenoxy) is 1. The molecule has 0 spiro atoms. The molecule has 1 rings (SSSR count). The van der Waals surface area contributed by atoms with Crippen LogP contribution in [0.4, 0.5) is 10.1 Å². The molecule has 1 aromatic carbocycles. The summed E-state index contributed by atoms with van der Waals surface area (Å²) in [6, 6.07) is 2.90. The molecule has 0 heterocycles. The number of methoxy groups -OCH3 is 1. The SMILES string of the molecule is COCC(C)N(C)S(=O)(=O)c1cc(F)ccc1N. The van der Waals surface area contributed by atoms with Gasteiger partial charge >= 0.3 is 0 Å². The molecule has 0 aliphatic heterocycles. The number of anilines is 1. The number of rotatable bonds is 5. The van der Waals surface area contributed by atoms with E-state index >= 15 is 0 Å². The number of nitrogens with zero attached hydrogens (tertiary/aromatic N) is 1. The van der Waals surface area contributed by atoms with E-state index < -0.39 is 15.8 Å². The normalized spacial score (nSPS) is 13.8. The van der Waals surface area contributed by atoms with Crippen molar-refractivity contribution in [3.63, 3.8) is 0 Å². The summed E-state index contributed by atoms with van der Waals surface area (Å²) >= 11 is 0. The molecule has 0 fully saturated rings. The van der Waals surface area contributed by atoms with Gasteiger partial charge in [0.1, 0.15) is 10.7 Å². The summed E-state index contributed by atoms with van der Waals surface area (Å²) in [5, 5.41) is 0. The van der Waals surface area contributed by atoms with Crippen molar-refractivity contribution >= 4 is 15.7 Å². The second-order valence-electron chi connectivity index (χ2n) is 4.01. The molecular formula is C11H17FN2O3S. The van der Waals surface area contributed by atoms with Crippen LogP contribution in [0.1, 0.15) is 6.92 Å². The van der Waals surface area contributed by atoms with E-state index in [2.05, 4.69) is 0 Å². The van der Waals surface area contributed by atoms with Gasteiger partial charge in [-0.05, 0) is 25.1 Å². The number of hydrogen-bond donors (Lipinski definition) is 1. The van der Waals surface area contributed by atoms with Crippen LogP contribution in [0.15, 0.2) is 23.1 Å². The molecule has 0 saturated heterocycles. The fourth-order valence-corrected chi connectivity index (χ4v) is 2.94. The minimum Gasteiger partial charge on any atom is -0.398 e. The van der Waals surface area contributed by atoms with Gasteiger partial charge in [-0.2, -0.15) is 4.31 Å². The third-order valence-corrected chi connectivity index (χ3v) is 4.69. The van der Waals surface area contributed by atoms with Gasteiger partial charge in [-0.3, -0.25) is 0 Å². The summed E-state index contributed by atoms with van der Waals surface area (Å²) in [6.45, 7) is 1.93. The van der Waals surface area contributed by atoms with Crippen molar-refractivity contribution in [2.45, 2.75) is 17.9 Å². The summed E-state index contributed by atoms with van der Waals surface area (Å²) in [4.78, 5) is -0.229. The number of benzene rings is 1. The fraction of sp³-hybridized carbons (Fsp3) is 0.455. The van der Waals surface area contributed by atoms with Crippen molar-refractivity contribution in [1.29, 1.82) is 0 Å². The molecule has 0 aromatic heterocycles. The first-order valence-corrected chi connectivity index (χ1v) is 6.76. The Bertz CT molecular complexity index is 519. The first-order chi connectivity index (χ1) is 8.30. The lowest BCUT2D eigenvalue weighted by Crippen LogP contribution is -2.38. The largest absolute Gasteiger partial charge is 0.398 e. The molecule has 0 amide bonds. The third kappa shape index (κ3) is 2.98. The molecule has 1 atom stereocenters. The molecule has 5 nitrogen and oxygen atoms in total. The number of nitrogen functional groups attached to an aromatic ring is 1. The van der Waals surface area contributed by atoms with Crippen molar-refractivity contribution < 1.29 is 17.5 Å². The molecule has 0 bridgehead atoms. The fourth-order valence-electron chi connectivity index (χ4n) is 1.47. The topological polar surface area (TPSA) is 72.6 Å². The Morgan fingerprint density at radius 3 is 2.67 bits per heavy atom. The van der Waals surface area contributed by atoms with Crippen molar-refractivity contribution in [1.82, 2.24) is 4.31 Å². The Kier molecular flexibility index (Phi) is 4.66. The Balaban J connectivity index is 3.17. The maximum absolute atomic E-state index is 13.1. The highest BCUT2D eigenvalue weighted by molar-refractivity contribution is 7.89. The zero-order chi connectivity index (χ0) is 13.9. The minimum absolute atomic E-state index is 0.0212. The molecule has 1 unspecified atom stereocenters. The second kappa shape index (κ2) is 5.64. The highest BCUT2D eigenvalue weighted by Gasteiger charge is 2.27. The lowest BCUT2D eigenvalue weighted by molar-refractivity contribution is 0.149. The van der Waals surface area contributed by atoms with Gasteiger partial charge in [0.2, 0.25) is 10.0 Å². The van der Waals surface area contributed by atoms with Gasteiger partial charge in [-0.1, -0.05) is 0 Å². The van der Waals surface area contributed by atoms with E-state index in [-0.39, 0.29) is 23.2 Å². The minimum atomic E-state index is -3.83. The van der Waals surface area contributed by atoms with Gasteiger partial charge < -0.3 is 10.5 Å². The lowest BCUT2D eigenvalue weighted by atomic mass is 10.3. The monoisotopic (exact) mass is 276 g/mol. The molecule has 7 heteroatoms. The molecule has 1 aromatic rings. The van der Waals surface area contributed by atoms with Crippen molar-refractivity contribution in [2.75, 3.05) is 26.5 Å². The highest BCUT2D eigenvalue weighted by Crippen LogP contribution is 2.23. The predicted molar refractivity (Wildman–Crippen MR) is 67.1 cm³/mol. The first kappa shape index (κ1) is 14.9. The van der Waals surface area contributed by atoms with E-state index in [9.17, 15) is 12.8 Å². The first-order valence-electron chi connectivity index (χ1n) is 5.32. The van der Waals surface area contributed by atoms with Gasteiger partial charge in [0.25, 0.3) is 0 Å². The Labute approximate surface area is 106 Å². The van der Waals surface area contributed by atoms with Crippen LogP contribution in [-0.2, 0) is 14.8 Å². The van der Waals surface area contributed by atoms with Crippen LogP contribution in [0.3, 0.4) is 0 Å². The molecular weight excluding hydrogens is 259 g/mol. The van der Waals surface area contributed by atoms with Crippen molar-refractivity contribution in [3.05, 3.63) is 24.0 Å². The standard InChI is InChI=1S/C11H17FN2O3S/c1-8(7-17-3)14(2)18(15,16)11-6-9(12)4-5-10(11)13/h4-6,8H,7,13H2,1-3H3. The van der Waals surface area contributed by atoms with E-state index in [0.29, 0.717) is 0 Å². The van der Waals surface area contributed by atoms with Crippen LogP contribution in [-0.4, -0.2) is 39.5 Å². The molecule has 18 heavy (non-hydrogen) atoms. The van der Waals surface area contributed by atoms with Crippen LogP contribution in [0.25, 0.3) is 0 Å². The zero-order valence-corrected chi connectivity index (χ0v) is 11.4. The Hall–Kier alpha value is -1.18. The van der Waals surface area contributed by atoms with E-state index in [0.717, 1.165) is 16.4 Å². The number of nitrogens with two attached hydrogens (primary N) is 1. The summed E-state index contributed by atoms with van der Waals surface area (Å²) in [6.07, 6.45) is 0. The summed E-state index contributed by atoms with van der Waals surface area (Å²) in [7, 11) is -0.939. The van der Waals surface area contributed by atoms with E-state index in [4.69, 9.17) is 10.5 Å². The lowest BCUT2D eigenvalue weighted by Gasteiger charge is -2.24. The number of likely N-dealkylation sites (N-methyl/N-ethyl adjacent to an activating group) is 1. The molecule has 0 aliphatic rings. The zero-order valence-electron chi connectivity index (χ0n) is 10.6. The van der Waals surface area contributed by atoms with Gasteiger partial charge in [0.05, 0.1) is 12.3 Å². The Morgan fingerprint density at radius 2 is 2.11 bits per heavy atom. The average molecular weight is 276 g/mol. The van der Waals surface area contributed by atoms with Crippen LogP contribution in [0.5, 0.6) is 0 Å². The van der Waals surface area contributed by atoms with E-state index in [1.165, 1.54) is 20.2 Å². The van der Waals surface area contributed by atoms with Crippen LogP contribution >= 0.6 is 0 Å². The molecule has 0 saturated carbocycles. The highest BCUT2D eigenvalue weighted by atomic mass is 32.2. The summed E-state index contributed by atoms with van der Waals surface area (Å²) in [5.74, 6) is -0.643. The number of hydrogen-bond acceptors (Lipinski definition) is 4. The van der Waals surface area contributed by atoms with Gasteiger partial charge in [0.15, 0.2) is 0 Å². The quantitative estimate of drug-likeness (QED) is 0.816. The number of sulfonamides is 1. The molecule has 0 aliphatic carbocycles. The second-order valence-corrected chi connectivity index (χ2v) is 5.97. The van der Waals surface area contributed by atoms with E-state index in [1.807, 2.05) is 0 Å². The van der Waals surface area contributed by atoms with E-state index in [1.54, 1.807) is 6.92 Å². The van der Waals surface area contributed by atoms with Gasteiger partial charge in [-0.25, -0.2) is 12.8 Å². The smallest absolute Gasteiger partial charge is 0.245 e. The molecule has 0 radical (unpaired) electrons. The Morgan fingerprint density at radius 1 is 1.50 bits per heavy atom. The van der Waals surface area contributed by atoms with Crippen LogP contribution in [0.2, 0.25) is 0 Å². The summed E-state index contributed by atoms with van der Waals surface area (Å²) < 4.78 is 43.6. The van der Waals surface area contributed by atoms with Gasteiger partial charge in [0, 0.05) is 20.2 Å². The van der Waals surface area contributed by atoms with Crippen LogP contribution < -0.4 is 5.73 Å².